The molecule has 0 saturated carbocycles. The van der Waals surface area contributed by atoms with Gasteiger partial charge in [0.1, 0.15) is 5.75 Å². The van der Waals surface area contributed by atoms with Crippen LogP contribution < -0.4 is 15.4 Å². The Morgan fingerprint density at radius 3 is 2.39 bits per heavy atom. The fraction of sp³-hybridized carbons (Fsp3) is 0.316. The van der Waals surface area contributed by atoms with E-state index in [1.165, 1.54) is 5.56 Å². The molecule has 2 N–H and O–H groups in total. The Balaban J connectivity index is 1.89. The Morgan fingerprint density at radius 2 is 1.78 bits per heavy atom. The highest BCUT2D eigenvalue weighted by Crippen LogP contribution is 2.23. The van der Waals surface area contributed by atoms with Gasteiger partial charge in [0.15, 0.2) is 5.11 Å². The summed E-state index contributed by atoms with van der Waals surface area (Å²) in [7, 11) is 1.67. The third-order valence-electron chi connectivity index (χ3n) is 3.60. The van der Waals surface area contributed by atoms with Crippen molar-refractivity contribution in [2.75, 3.05) is 12.4 Å². The third kappa shape index (κ3) is 5.25. The largest absolute Gasteiger partial charge is 0.497 e. The summed E-state index contributed by atoms with van der Waals surface area (Å²) in [5, 5.41) is 7.02. The topological polar surface area (TPSA) is 33.3 Å². The van der Waals surface area contributed by atoms with Crippen molar-refractivity contribution < 1.29 is 4.74 Å². The van der Waals surface area contributed by atoms with Crippen molar-refractivity contribution in [3.8, 4) is 5.75 Å². The number of nitrogens with one attached hydrogen (secondary N) is 2. The van der Waals surface area contributed by atoms with Crippen LogP contribution in [-0.4, -0.2) is 12.2 Å². The SMILES string of the molecule is COc1cccc(CNC(=S)Nc2ccc(C(C)(C)C)cc2)c1. The van der Waals surface area contributed by atoms with Gasteiger partial charge in [0.05, 0.1) is 7.11 Å². The predicted octanol–water partition coefficient (Wildman–Crippen LogP) is 4.48. The highest BCUT2D eigenvalue weighted by molar-refractivity contribution is 7.80. The smallest absolute Gasteiger partial charge is 0.171 e. The average molecular weight is 328 g/mol. The molecule has 0 heterocycles. The van der Waals surface area contributed by atoms with Gasteiger partial charge >= 0.3 is 0 Å². The van der Waals surface area contributed by atoms with Crippen molar-refractivity contribution in [1.29, 1.82) is 0 Å². The fourth-order valence-electron chi connectivity index (χ4n) is 2.19. The van der Waals surface area contributed by atoms with Gasteiger partial charge in [0.25, 0.3) is 0 Å². The summed E-state index contributed by atoms with van der Waals surface area (Å²) in [6.07, 6.45) is 0. The summed E-state index contributed by atoms with van der Waals surface area (Å²) in [4.78, 5) is 0. The fourth-order valence-corrected chi connectivity index (χ4v) is 2.38. The molecule has 0 radical (unpaired) electrons. The van der Waals surface area contributed by atoms with E-state index in [2.05, 4.69) is 55.7 Å². The number of rotatable bonds is 4. The van der Waals surface area contributed by atoms with E-state index in [9.17, 15) is 0 Å². The molecule has 0 aliphatic heterocycles. The molecule has 0 fully saturated rings. The summed E-state index contributed by atoms with van der Waals surface area (Å²) >= 11 is 5.35. The Kier molecular flexibility index (Phi) is 5.61. The lowest BCUT2D eigenvalue weighted by atomic mass is 9.87. The zero-order valence-corrected chi connectivity index (χ0v) is 15.0. The molecule has 0 saturated heterocycles. The number of methoxy groups -OCH3 is 1. The number of anilines is 1. The van der Waals surface area contributed by atoms with Crippen LogP contribution in [0.1, 0.15) is 31.9 Å². The van der Waals surface area contributed by atoms with Crippen LogP contribution >= 0.6 is 12.2 Å². The zero-order valence-electron chi connectivity index (χ0n) is 14.1. The first kappa shape index (κ1) is 17.3. The van der Waals surface area contributed by atoms with Gasteiger partial charge in [0, 0.05) is 12.2 Å². The van der Waals surface area contributed by atoms with Crippen molar-refractivity contribution in [2.24, 2.45) is 0 Å². The Hall–Kier alpha value is -2.07. The minimum atomic E-state index is 0.156. The first-order valence-electron chi connectivity index (χ1n) is 7.67. The molecule has 0 atom stereocenters. The van der Waals surface area contributed by atoms with Crippen molar-refractivity contribution in [3.05, 3.63) is 59.7 Å². The number of hydrogen-bond donors (Lipinski definition) is 2. The molecular formula is C19H24N2OS. The van der Waals surface area contributed by atoms with E-state index >= 15 is 0 Å². The summed E-state index contributed by atoms with van der Waals surface area (Å²) in [5.74, 6) is 0.848. The number of hydrogen-bond acceptors (Lipinski definition) is 2. The molecule has 4 heteroatoms. The second-order valence-corrected chi connectivity index (χ2v) is 6.89. The Bertz CT molecular complexity index is 660. The Labute approximate surface area is 144 Å². The quantitative estimate of drug-likeness (QED) is 0.811. The Morgan fingerprint density at radius 1 is 1.09 bits per heavy atom. The minimum absolute atomic E-state index is 0.156. The summed E-state index contributed by atoms with van der Waals surface area (Å²) in [6.45, 7) is 7.27. The molecular weight excluding hydrogens is 304 g/mol. The van der Waals surface area contributed by atoms with Gasteiger partial charge in [-0.1, -0.05) is 45.0 Å². The molecule has 122 valence electrons. The van der Waals surface area contributed by atoms with Crippen LogP contribution in [0.4, 0.5) is 5.69 Å². The van der Waals surface area contributed by atoms with Gasteiger partial charge in [-0.25, -0.2) is 0 Å². The normalized spacial score (nSPS) is 11.0. The highest BCUT2D eigenvalue weighted by Gasteiger charge is 2.12. The van der Waals surface area contributed by atoms with E-state index in [-0.39, 0.29) is 5.41 Å². The van der Waals surface area contributed by atoms with E-state index in [4.69, 9.17) is 17.0 Å². The predicted molar refractivity (Wildman–Crippen MR) is 101 cm³/mol. The molecule has 2 rings (SSSR count). The van der Waals surface area contributed by atoms with Gasteiger partial charge in [0.2, 0.25) is 0 Å². The van der Waals surface area contributed by atoms with E-state index in [1.807, 2.05) is 24.3 Å². The maximum atomic E-state index is 5.35. The molecule has 0 aromatic heterocycles. The van der Waals surface area contributed by atoms with Gasteiger partial charge in [-0.15, -0.1) is 0 Å². The monoisotopic (exact) mass is 328 g/mol. The maximum Gasteiger partial charge on any atom is 0.171 e. The molecule has 0 amide bonds. The van der Waals surface area contributed by atoms with Crippen molar-refractivity contribution >= 4 is 23.0 Å². The summed E-state index contributed by atoms with van der Waals surface area (Å²) in [6, 6.07) is 16.3. The van der Waals surface area contributed by atoms with Crippen LogP contribution in [0.25, 0.3) is 0 Å². The second kappa shape index (κ2) is 7.47. The van der Waals surface area contributed by atoms with E-state index in [1.54, 1.807) is 7.11 Å². The van der Waals surface area contributed by atoms with Gasteiger partial charge < -0.3 is 15.4 Å². The number of thiocarbonyl (C=S) groups is 1. The highest BCUT2D eigenvalue weighted by atomic mass is 32.1. The average Bonchev–Trinajstić information content (AvgIpc) is 2.53. The molecule has 23 heavy (non-hydrogen) atoms. The minimum Gasteiger partial charge on any atom is -0.497 e. The maximum absolute atomic E-state index is 5.35. The summed E-state index contributed by atoms with van der Waals surface area (Å²) < 4.78 is 5.22. The van der Waals surface area contributed by atoms with E-state index < -0.39 is 0 Å². The van der Waals surface area contributed by atoms with Crippen LogP contribution in [0.3, 0.4) is 0 Å². The molecule has 2 aromatic carbocycles. The molecule has 3 nitrogen and oxygen atoms in total. The van der Waals surface area contributed by atoms with Gasteiger partial charge in [-0.05, 0) is 53.0 Å². The zero-order chi connectivity index (χ0) is 16.9. The molecule has 2 aromatic rings. The second-order valence-electron chi connectivity index (χ2n) is 6.49. The first-order valence-corrected chi connectivity index (χ1v) is 8.07. The molecule has 0 aliphatic rings. The van der Waals surface area contributed by atoms with Gasteiger partial charge in [-0.3, -0.25) is 0 Å². The van der Waals surface area contributed by atoms with E-state index in [0.717, 1.165) is 17.0 Å². The van der Waals surface area contributed by atoms with Crippen molar-refractivity contribution in [2.45, 2.75) is 32.7 Å². The van der Waals surface area contributed by atoms with Gasteiger partial charge in [-0.2, -0.15) is 0 Å². The van der Waals surface area contributed by atoms with Crippen molar-refractivity contribution in [3.63, 3.8) is 0 Å². The third-order valence-corrected chi connectivity index (χ3v) is 3.84. The van der Waals surface area contributed by atoms with Crippen LogP contribution in [0.15, 0.2) is 48.5 Å². The van der Waals surface area contributed by atoms with E-state index in [0.29, 0.717) is 11.7 Å². The lowest BCUT2D eigenvalue weighted by molar-refractivity contribution is 0.414. The molecule has 0 aliphatic carbocycles. The van der Waals surface area contributed by atoms with Crippen LogP contribution in [0.5, 0.6) is 5.75 Å². The summed E-state index contributed by atoms with van der Waals surface area (Å²) in [5.41, 5.74) is 3.57. The lowest BCUT2D eigenvalue weighted by Gasteiger charge is -2.19. The number of benzene rings is 2. The lowest BCUT2D eigenvalue weighted by Crippen LogP contribution is -2.27. The van der Waals surface area contributed by atoms with Crippen molar-refractivity contribution in [1.82, 2.24) is 5.32 Å². The standard InChI is InChI=1S/C19H24N2OS/c1-19(2,3)15-8-10-16(11-9-15)21-18(23)20-13-14-6-5-7-17(12-14)22-4/h5-12H,13H2,1-4H3,(H2,20,21,23). The number of ether oxygens (including phenoxy) is 1. The van der Waals surface area contributed by atoms with Crippen LogP contribution in [0.2, 0.25) is 0 Å². The molecule has 0 bridgehead atoms. The first-order chi connectivity index (χ1) is 10.9. The van der Waals surface area contributed by atoms with Crippen LogP contribution in [-0.2, 0) is 12.0 Å². The molecule has 0 spiro atoms. The molecule has 0 unspecified atom stereocenters. The van der Waals surface area contributed by atoms with Crippen LogP contribution in [0, 0.1) is 0 Å².